The molecular formula is C3Al3Bi5O19P+3. The van der Waals surface area contributed by atoms with Crippen molar-refractivity contribution in [3.63, 3.8) is 0 Å². The molecule has 28 heteroatoms. The van der Waals surface area contributed by atoms with Gasteiger partial charge in [-0.2, -0.15) is 7.82 Å². The van der Waals surface area contributed by atoms with Gasteiger partial charge in [0.1, 0.15) is 0 Å². The quantitative estimate of drug-likeness (QED) is 0.161. The molecule has 0 saturated carbocycles. The summed E-state index contributed by atoms with van der Waals surface area (Å²) in [5.41, 5.74) is 0. The first kappa shape index (κ1) is 76.5. The van der Waals surface area contributed by atoms with Gasteiger partial charge in [0.2, 0.25) is 0 Å². The van der Waals surface area contributed by atoms with E-state index in [1.807, 2.05) is 0 Å². The van der Waals surface area contributed by atoms with E-state index in [0.717, 1.165) is 0 Å². The van der Waals surface area contributed by atoms with Crippen molar-refractivity contribution in [2.45, 2.75) is 0 Å². The van der Waals surface area contributed by atoms with E-state index in [1.54, 1.807) is 0 Å². The number of rotatable bonds is 0. The summed E-state index contributed by atoms with van der Waals surface area (Å²) in [5.74, 6) is 0. The van der Waals surface area contributed by atoms with Gasteiger partial charge in [-0.15, -0.1) is 0 Å². The summed E-state index contributed by atoms with van der Waals surface area (Å²) in [6, 6.07) is 0. The van der Waals surface area contributed by atoms with Gasteiger partial charge in [-0.1, -0.05) is 0 Å². The fraction of sp³-hybridized carbons (Fsp3) is 0. The average molecular weight is 1500 g/mol. The van der Waals surface area contributed by atoms with Crippen molar-refractivity contribution in [1.82, 2.24) is 0 Å². The number of hydrogen-bond acceptors (Lipinski definition) is 19. The van der Waals surface area contributed by atoms with E-state index >= 15 is 0 Å². The van der Waals surface area contributed by atoms with Crippen LogP contribution in [-0.4, -0.2) is 196 Å². The van der Waals surface area contributed by atoms with E-state index in [0.29, 0.717) is 0 Å². The molecule has 0 spiro atoms. The average Bonchev–Trinajstić information content (AvgIpc) is 2.25. The molecule has 0 aromatic heterocycles. The molecule has 0 rings (SSSR count). The summed E-state index contributed by atoms with van der Waals surface area (Å²) in [6.45, 7) is 0. The minimum absolute atomic E-state index is 0. The van der Waals surface area contributed by atoms with Crippen LogP contribution in [0, 0.1) is 0 Å². The zero-order valence-corrected chi connectivity index (χ0v) is 35.4. The normalized spacial score (nSPS) is 5.00. The molecule has 0 aliphatic heterocycles. The van der Waals surface area contributed by atoms with Crippen LogP contribution in [0.3, 0.4) is 0 Å². The Balaban J connectivity index is -0.0000000133. The minimum atomic E-state index is -5.39. The summed E-state index contributed by atoms with van der Waals surface area (Å²) in [6.07, 6.45) is -7.00. The van der Waals surface area contributed by atoms with E-state index in [-0.39, 0.29) is 131 Å². The zero-order valence-electron chi connectivity index (χ0n) is 13.7. The molecule has 0 aromatic carbocycles. The Labute approximate surface area is 287 Å². The van der Waals surface area contributed by atoms with Gasteiger partial charge < -0.3 is 64.3 Å². The predicted molar refractivity (Wildman–Crippen MR) is 71.9 cm³/mol. The van der Waals surface area contributed by atoms with Gasteiger partial charge in [-0.25, -0.2) is 0 Å². The second-order valence-corrected chi connectivity index (χ2v) is 2.96. The van der Waals surface area contributed by atoms with Gasteiger partial charge in [-0.3, -0.25) is 0 Å². The Morgan fingerprint density at radius 2 is 0.484 bits per heavy atom. The summed E-state index contributed by atoms with van der Waals surface area (Å²) < 4.78 is 59.3. The maximum atomic E-state index is 8.55. The first-order valence-electron chi connectivity index (χ1n) is 3.98. The zero-order chi connectivity index (χ0) is 23.4. The van der Waals surface area contributed by atoms with Gasteiger partial charge in [0.05, 0.1) is 0 Å². The van der Waals surface area contributed by atoms with Gasteiger partial charge >= 0.3 is 201 Å². The van der Waals surface area contributed by atoms with Gasteiger partial charge in [-0.05, 0) is 18.5 Å². The van der Waals surface area contributed by atoms with Crippen LogP contribution in [0.2, 0.25) is 0 Å². The molecule has 0 unspecified atom stereocenters. The third-order valence-corrected chi connectivity index (χ3v) is 0. The Morgan fingerprint density at radius 1 is 0.484 bits per heavy atom. The molecule has 0 saturated heterocycles. The molecular weight excluding hydrogens is 1500 g/mol. The van der Waals surface area contributed by atoms with Crippen molar-refractivity contribution in [1.29, 1.82) is 0 Å². The molecule has 0 aliphatic rings. The molecule has 0 amide bonds. The SMILES string of the molecule is O=C([O-])[O-].O=C([O-])[O-].O=C([O-])[O-].O=P([O-])([O-])[O-].[Bi+3].[Bi+3].[Bi+3].[Bi+3].[Bi+3].[O]=[Al][O-].[O]=[Al][O-].[O]=[Al][O-]. The van der Waals surface area contributed by atoms with Crippen LogP contribution in [0.5, 0.6) is 0 Å². The monoisotopic (exact) mass is 1500 g/mol. The first-order chi connectivity index (χ1) is 11.4. The van der Waals surface area contributed by atoms with Crippen LogP contribution in [0.1, 0.15) is 0 Å². The summed E-state index contributed by atoms with van der Waals surface area (Å²) in [4.78, 5) is 50.6. The molecule has 0 N–H and O–H groups in total. The molecule has 19 nitrogen and oxygen atoms in total. The van der Waals surface area contributed by atoms with E-state index in [1.165, 1.54) is 0 Å². The van der Waals surface area contributed by atoms with Gasteiger partial charge in [0.25, 0.3) is 0 Å². The van der Waals surface area contributed by atoms with Crippen molar-refractivity contribution in [3.8, 4) is 0 Å². The summed E-state index contributed by atoms with van der Waals surface area (Å²) in [7, 11) is -5.39. The van der Waals surface area contributed by atoms with E-state index in [9.17, 15) is 0 Å². The fourth-order valence-corrected chi connectivity index (χ4v) is 0. The second-order valence-electron chi connectivity index (χ2n) is 1.49. The Kier molecular flexibility index (Phi) is 189. The van der Waals surface area contributed by atoms with Crippen LogP contribution in [-0.2, 0) is 16.0 Å². The molecule has 10 radical (unpaired) electrons. The molecule has 0 atom stereocenters. The fourth-order valence-electron chi connectivity index (χ4n) is 0. The molecule has 162 valence electrons. The predicted octanol–water partition coefficient (Wildman–Crippen LogP) is -17.1. The van der Waals surface area contributed by atoms with Crippen molar-refractivity contribution in [2.24, 2.45) is 0 Å². The molecule has 0 fully saturated rings. The molecule has 0 aliphatic carbocycles. The number of carboxylic acid groups (broad SMARTS) is 6. The van der Waals surface area contributed by atoms with Crippen molar-refractivity contribution >= 4 is 204 Å². The van der Waals surface area contributed by atoms with E-state index < -0.39 is 72.8 Å². The number of carbonyl (C=O) groups excluding carboxylic acids is 3. The number of phosphoric acid groups is 1. The van der Waals surface area contributed by atoms with E-state index in [4.69, 9.17) is 88.2 Å². The van der Waals surface area contributed by atoms with Crippen LogP contribution in [0.15, 0.2) is 0 Å². The Hall–Kier alpha value is 2.73. The third-order valence-electron chi connectivity index (χ3n) is 0. The topological polar surface area (TPSA) is 396 Å². The summed E-state index contributed by atoms with van der Waals surface area (Å²) in [5, 5.41) is 50.0. The van der Waals surface area contributed by atoms with Crippen LogP contribution >= 0.6 is 7.82 Å². The third kappa shape index (κ3) is 4140. The van der Waals surface area contributed by atoms with Crippen LogP contribution < -0.4 is 57.8 Å². The Bertz CT molecular complexity index is 344. The molecule has 0 heterocycles. The second kappa shape index (κ2) is 76.7. The van der Waals surface area contributed by atoms with Crippen LogP contribution in [0.4, 0.5) is 14.4 Å². The van der Waals surface area contributed by atoms with Crippen LogP contribution in [0.25, 0.3) is 0 Å². The van der Waals surface area contributed by atoms with Crippen molar-refractivity contribution in [2.75, 3.05) is 0 Å². The maximum absolute atomic E-state index is 8.55. The van der Waals surface area contributed by atoms with Gasteiger partial charge in [0, 0.05) is 0 Å². The molecule has 31 heavy (non-hydrogen) atoms. The Morgan fingerprint density at radius 3 is 0.484 bits per heavy atom. The standard InChI is InChI=1S/3CH2O3.3Al.5Bi.H3O4P.6O/c3*2-1(3)4;;;;;;;;;1-5(2,3)4;;;;;;/h3*(H2,2,3,4);;;;;;;;;(H3,1,2,3,4);;;;;;/q;;;;;;5*+3;;;;;3*-1/p-9. The number of carbonyl (C=O) groups is 3. The van der Waals surface area contributed by atoms with Crippen molar-refractivity contribution in [3.05, 3.63) is 0 Å². The molecule has 0 bridgehead atoms. The summed E-state index contributed by atoms with van der Waals surface area (Å²) >= 11 is -5.25. The van der Waals surface area contributed by atoms with Crippen molar-refractivity contribution < 1.29 is 88.2 Å². The molecule has 0 aromatic rings. The van der Waals surface area contributed by atoms with E-state index in [2.05, 4.69) is 0 Å². The van der Waals surface area contributed by atoms with Gasteiger partial charge in [0.15, 0.2) is 0 Å². The number of hydrogen-bond donors (Lipinski definition) is 0. The first-order valence-corrected chi connectivity index (χ1v) is 8.27.